The summed E-state index contributed by atoms with van der Waals surface area (Å²) in [6.45, 7) is 7.27. The molecule has 0 bridgehead atoms. The average molecular weight is 353 g/mol. The molecule has 1 heterocycles. The summed E-state index contributed by atoms with van der Waals surface area (Å²) in [6.07, 6.45) is 3.00. The molecule has 0 saturated heterocycles. The van der Waals surface area contributed by atoms with E-state index in [1.165, 1.54) is 11.5 Å². The van der Waals surface area contributed by atoms with Gasteiger partial charge in [0.2, 0.25) is 5.06 Å². The van der Waals surface area contributed by atoms with Gasteiger partial charge in [0.15, 0.2) is 0 Å². The number of benzene rings is 2. The van der Waals surface area contributed by atoms with Gasteiger partial charge in [-0.3, -0.25) is 0 Å². The largest absolute Gasteiger partial charge is 0.444 e. The number of aromatic nitrogens is 1. The second-order valence-corrected chi connectivity index (χ2v) is 6.95. The van der Waals surface area contributed by atoms with E-state index in [2.05, 4.69) is 40.2 Å². The van der Waals surface area contributed by atoms with Gasteiger partial charge in [-0.05, 0) is 55.7 Å². The number of aryl methyl sites for hydroxylation is 2. The Balaban J connectivity index is 1.85. The first-order valence-corrected chi connectivity index (χ1v) is 9.23. The van der Waals surface area contributed by atoms with Crippen molar-refractivity contribution in [2.75, 3.05) is 13.6 Å². The van der Waals surface area contributed by atoms with Gasteiger partial charge in [0, 0.05) is 25.1 Å². The van der Waals surface area contributed by atoms with Crippen LogP contribution in [0.2, 0.25) is 0 Å². The zero-order valence-electron chi connectivity index (χ0n) is 15.1. The van der Waals surface area contributed by atoms with Gasteiger partial charge in [-0.2, -0.15) is 4.37 Å². The number of rotatable bonds is 6. The lowest BCUT2D eigenvalue weighted by Gasteiger charge is -2.13. The minimum Gasteiger partial charge on any atom is -0.444 e. The van der Waals surface area contributed by atoms with Crippen LogP contribution in [0.4, 0.5) is 5.69 Å². The topological polar surface area (TPSA) is 37.7 Å². The maximum absolute atomic E-state index is 6.16. The summed E-state index contributed by atoms with van der Waals surface area (Å²) < 4.78 is 10.6. The van der Waals surface area contributed by atoms with Crippen LogP contribution in [0.5, 0.6) is 10.8 Å². The summed E-state index contributed by atoms with van der Waals surface area (Å²) >= 11 is 1.39. The Labute approximate surface area is 152 Å². The molecule has 3 rings (SSSR count). The number of fused-ring (bicyclic) bond motifs is 1. The fourth-order valence-corrected chi connectivity index (χ4v) is 3.37. The van der Waals surface area contributed by atoms with E-state index >= 15 is 0 Å². The SMILES string of the molecule is CCCN(C)/C=N\c1cc(C)c(Oc2snc3ccccc23)cc1C. The first kappa shape index (κ1) is 17.4. The smallest absolute Gasteiger partial charge is 0.207 e. The van der Waals surface area contributed by atoms with Gasteiger partial charge >= 0.3 is 0 Å². The first-order chi connectivity index (χ1) is 12.1. The van der Waals surface area contributed by atoms with Crippen molar-refractivity contribution in [2.45, 2.75) is 27.2 Å². The highest BCUT2D eigenvalue weighted by Crippen LogP contribution is 2.37. The zero-order chi connectivity index (χ0) is 17.8. The van der Waals surface area contributed by atoms with Gasteiger partial charge in [0.05, 0.1) is 22.9 Å². The number of hydrogen-bond acceptors (Lipinski definition) is 4. The molecule has 5 heteroatoms. The fraction of sp³-hybridized carbons (Fsp3) is 0.300. The molecule has 1 aromatic heterocycles. The molecule has 25 heavy (non-hydrogen) atoms. The van der Waals surface area contributed by atoms with E-state index in [1.54, 1.807) is 0 Å². The molecule has 0 aliphatic heterocycles. The molecule has 0 aliphatic rings. The fourth-order valence-electron chi connectivity index (χ4n) is 2.63. The number of nitrogens with zero attached hydrogens (tertiary/aromatic N) is 3. The highest BCUT2D eigenvalue weighted by Gasteiger charge is 2.11. The second kappa shape index (κ2) is 7.66. The predicted octanol–water partition coefficient (Wildman–Crippen LogP) is 5.71. The third-order valence-electron chi connectivity index (χ3n) is 4.02. The van der Waals surface area contributed by atoms with E-state index < -0.39 is 0 Å². The minimum atomic E-state index is 0.831. The molecule has 0 spiro atoms. The van der Waals surface area contributed by atoms with Gasteiger partial charge in [0.25, 0.3) is 0 Å². The lowest BCUT2D eigenvalue weighted by atomic mass is 10.1. The van der Waals surface area contributed by atoms with Crippen molar-refractivity contribution in [2.24, 2.45) is 4.99 Å². The Bertz CT molecular complexity index is 901. The van der Waals surface area contributed by atoms with Gasteiger partial charge in [0.1, 0.15) is 5.75 Å². The van der Waals surface area contributed by atoms with Crippen LogP contribution < -0.4 is 4.74 Å². The Morgan fingerprint density at radius 2 is 2.00 bits per heavy atom. The third kappa shape index (κ3) is 3.99. The molecule has 0 unspecified atom stereocenters. The van der Waals surface area contributed by atoms with Crippen LogP contribution >= 0.6 is 11.5 Å². The normalized spacial score (nSPS) is 11.4. The summed E-state index contributed by atoms with van der Waals surface area (Å²) in [6, 6.07) is 12.2. The van der Waals surface area contributed by atoms with Crippen LogP contribution in [0, 0.1) is 13.8 Å². The van der Waals surface area contributed by atoms with Crippen LogP contribution in [0.1, 0.15) is 24.5 Å². The van der Waals surface area contributed by atoms with Crippen molar-refractivity contribution in [1.82, 2.24) is 9.27 Å². The van der Waals surface area contributed by atoms with E-state index in [1.807, 2.05) is 44.6 Å². The maximum Gasteiger partial charge on any atom is 0.207 e. The van der Waals surface area contributed by atoms with Crippen molar-refractivity contribution in [3.05, 3.63) is 47.5 Å². The van der Waals surface area contributed by atoms with Crippen molar-refractivity contribution < 1.29 is 4.74 Å². The molecule has 0 saturated carbocycles. The van der Waals surface area contributed by atoms with Crippen molar-refractivity contribution in [3.8, 4) is 10.8 Å². The third-order valence-corrected chi connectivity index (χ3v) is 4.77. The van der Waals surface area contributed by atoms with Crippen LogP contribution in [-0.4, -0.2) is 29.2 Å². The Hall–Kier alpha value is -2.40. The van der Waals surface area contributed by atoms with E-state index in [4.69, 9.17) is 4.74 Å². The molecule has 4 nitrogen and oxygen atoms in total. The molecule has 0 atom stereocenters. The monoisotopic (exact) mass is 353 g/mol. The quantitative estimate of drug-likeness (QED) is 0.421. The summed E-state index contributed by atoms with van der Waals surface area (Å²) in [5.41, 5.74) is 4.10. The van der Waals surface area contributed by atoms with E-state index in [0.717, 1.165) is 51.5 Å². The van der Waals surface area contributed by atoms with Crippen molar-refractivity contribution in [1.29, 1.82) is 0 Å². The molecule has 0 aliphatic carbocycles. The summed E-state index contributed by atoms with van der Waals surface area (Å²) in [5, 5.41) is 1.88. The maximum atomic E-state index is 6.16. The molecule has 0 amide bonds. The number of hydrogen-bond donors (Lipinski definition) is 0. The highest BCUT2D eigenvalue weighted by molar-refractivity contribution is 7.09. The highest BCUT2D eigenvalue weighted by atomic mass is 32.1. The minimum absolute atomic E-state index is 0.831. The lowest BCUT2D eigenvalue weighted by Crippen LogP contribution is -2.16. The summed E-state index contributed by atoms with van der Waals surface area (Å²) in [7, 11) is 2.04. The van der Waals surface area contributed by atoms with E-state index in [0.29, 0.717) is 0 Å². The van der Waals surface area contributed by atoms with E-state index in [-0.39, 0.29) is 0 Å². The average Bonchev–Trinajstić information content (AvgIpc) is 3.00. The molecule has 3 aromatic rings. The van der Waals surface area contributed by atoms with E-state index in [9.17, 15) is 0 Å². The van der Waals surface area contributed by atoms with Crippen LogP contribution in [0.25, 0.3) is 10.9 Å². The Morgan fingerprint density at radius 3 is 2.80 bits per heavy atom. The standard InChI is InChI=1S/C20H23N3OS/c1-5-10-23(4)13-21-18-11-15(3)19(12-14(18)2)24-20-16-8-6-7-9-17(16)22-25-20/h6-9,11-13H,5,10H2,1-4H3/b21-13-. The summed E-state index contributed by atoms with van der Waals surface area (Å²) in [4.78, 5) is 6.71. The molecule has 0 fully saturated rings. The Morgan fingerprint density at radius 1 is 1.20 bits per heavy atom. The van der Waals surface area contributed by atoms with Crippen molar-refractivity contribution >= 4 is 34.5 Å². The van der Waals surface area contributed by atoms with Crippen LogP contribution in [-0.2, 0) is 0 Å². The van der Waals surface area contributed by atoms with Gasteiger partial charge in [-0.15, -0.1) is 0 Å². The van der Waals surface area contributed by atoms with Gasteiger partial charge in [-0.25, -0.2) is 4.99 Å². The van der Waals surface area contributed by atoms with Gasteiger partial charge in [-0.1, -0.05) is 19.1 Å². The molecule has 0 N–H and O–H groups in total. The second-order valence-electron chi connectivity index (χ2n) is 6.22. The molecular weight excluding hydrogens is 330 g/mol. The summed E-state index contributed by atoms with van der Waals surface area (Å²) in [5.74, 6) is 0.854. The zero-order valence-corrected chi connectivity index (χ0v) is 15.9. The number of ether oxygens (including phenoxy) is 1. The first-order valence-electron chi connectivity index (χ1n) is 8.46. The van der Waals surface area contributed by atoms with Crippen molar-refractivity contribution in [3.63, 3.8) is 0 Å². The number of aliphatic imine (C=N–C) groups is 1. The molecule has 130 valence electrons. The van der Waals surface area contributed by atoms with Crippen LogP contribution in [0.3, 0.4) is 0 Å². The molecule has 2 aromatic carbocycles. The lowest BCUT2D eigenvalue weighted by molar-refractivity contribution is 0.497. The molecular formula is C20H23N3OS. The van der Waals surface area contributed by atoms with Gasteiger partial charge < -0.3 is 9.64 Å². The predicted molar refractivity (Wildman–Crippen MR) is 107 cm³/mol. The molecule has 0 radical (unpaired) electrons. The Kier molecular flexibility index (Phi) is 5.34. The van der Waals surface area contributed by atoms with Crippen LogP contribution in [0.15, 0.2) is 41.4 Å².